The zero-order valence-electron chi connectivity index (χ0n) is 9.32. The van der Waals surface area contributed by atoms with Gasteiger partial charge in [0.05, 0.1) is 12.1 Å². The summed E-state index contributed by atoms with van der Waals surface area (Å²) in [7, 11) is 0. The van der Waals surface area contributed by atoms with Gasteiger partial charge in [0.1, 0.15) is 0 Å². The molecule has 1 heterocycles. The van der Waals surface area contributed by atoms with E-state index in [1.54, 1.807) is 0 Å². The van der Waals surface area contributed by atoms with Crippen LogP contribution in [0, 0.1) is 0 Å². The van der Waals surface area contributed by atoms with Crippen molar-refractivity contribution in [2.45, 2.75) is 18.9 Å². The Labute approximate surface area is 101 Å². The van der Waals surface area contributed by atoms with E-state index < -0.39 is 0 Å². The number of hydrogen-bond acceptors (Lipinski definition) is 2. The molecule has 86 valence electrons. The highest BCUT2D eigenvalue weighted by molar-refractivity contribution is 7.80. The van der Waals surface area contributed by atoms with E-state index >= 15 is 0 Å². The van der Waals surface area contributed by atoms with E-state index in [0.717, 1.165) is 18.7 Å². The molecule has 1 aliphatic heterocycles. The van der Waals surface area contributed by atoms with Gasteiger partial charge in [-0.25, -0.2) is 0 Å². The lowest BCUT2D eigenvalue weighted by atomic mass is 10.0. The van der Waals surface area contributed by atoms with Gasteiger partial charge in [-0.3, -0.25) is 0 Å². The average Bonchev–Trinajstić information content (AvgIpc) is 2.66. The summed E-state index contributed by atoms with van der Waals surface area (Å²) in [6.45, 7) is 3.64. The topological polar surface area (TPSA) is 33.3 Å². The second-order valence-electron chi connectivity index (χ2n) is 4.31. The Balaban J connectivity index is 1.89. The van der Waals surface area contributed by atoms with Gasteiger partial charge >= 0.3 is 0 Å². The van der Waals surface area contributed by atoms with Crippen molar-refractivity contribution in [1.82, 2.24) is 5.32 Å². The first-order chi connectivity index (χ1) is 7.68. The smallest absolute Gasteiger partial charge is 0.171 e. The molecule has 0 saturated carbocycles. The zero-order chi connectivity index (χ0) is 11.4. The van der Waals surface area contributed by atoms with Crippen molar-refractivity contribution in [2.75, 3.05) is 18.5 Å². The molecule has 1 aliphatic rings. The van der Waals surface area contributed by atoms with Crippen LogP contribution in [-0.2, 0) is 4.74 Å². The first-order valence-corrected chi connectivity index (χ1v) is 5.81. The Morgan fingerprint density at radius 1 is 1.38 bits per heavy atom. The fourth-order valence-electron chi connectivity index (χ4n) is 1.72. The number of nitrogens with one attached hydrogen (secondary N) is 2. The van der Waals surface area contributed by atoms with Crippen molar-refractivity contribution in [3.05, 3.63) is 30.3 Å². The Hall–Kier alpha value is -1.13. The summed E-state index contributed by atoms with van der Waals surface area (Å²) in [5.41, 5.74) is 0.973. The molecule has 0 radical (unpaired) electrons. The highest BCUT2D eigenvalue weighted by Gasteiger charge is 2.30. The van der Waals surface area contributed by atoms with Crippen LogP contribution >= 0.6 is 12.2 Å². The van der Waals surface area contributed by atoms with Gasteiger partial charge in [-0.2, -0.15) is 0 Å². The van der Waals surface area contributed by atoms with Crippen LogP contribution in [0.15, 0.2) is 30.3 Å². The summed E-state index contributed by atoms with van der Waals surface area (Å²) in [6, 6.07) is 9.91. The molecule has 4 heteroatoms. The lowest BCUT2D eigenvalue weighted by Crippen LogP contribution is -2.48. The Bertz CT molecular complexity index is 361. The lowest BCUT2D eigenvalue weighted by Gasteiger charge is -2.25. The summed E-state index contributed by atoms with van der Waals surface area (Å²) < 4.78 is 5.36. The highest BCUT2D eigenvalue weighted by atomic mass is 32.1. The molecule has 1 unspecified atom stereocenters. The molecular formula is C12H16N2OS. The molecule has 0 bridgehead atoms. The Kier molecular flexibility index (Phi) is 3.41. The van der Waals surface area contributed by atoms with Gasteiger partial charge in [0.25, 0.3) is 0 Å². The molecule has 16 heavy (non-hydrogen) atoms. The minimum absolute atomic E-state index is 0.0289. The molecule has 1 aromatic carbocycles. The Morgan fingerprint density at radius 3 is 2.75 bits per heavy atom. The third-order valence-corrected chi connectivity index (χ3v) is 2.87. The van der Waals surface area contributed by atoms with Crippen molar-refractivity contribution in [1.29, 1.82) is 0 Å². The minimum Gasteiger partial charge on any atom is -0.379 e. The zero-order valence-corrected chi connectivity index (χ0v) is 10.1. The first-order valence-electron chi connectivity index (χ1n) is 5.40. The van der Waals surface area contributed by atoms with Crippen molar-refractivity contribution < 1.29 is 4.74 Å². The van der Waals surface area contributed by atoms with Gasteiger partial charge in [0.2, 0.25) is 0 Å². The molecule has 1 fully saturated rings. The van der Waals surface area contributed by atoms with Crippen LogP contribution in [0.2, 0.25) is 0 Å². The van der Waals surface area contributed by atoms with E-state index in [1.807, 2.05) is 30.3 Å². The second kappa shape index (κ2) is 4.80. The maximum atomic E-state index is 5.36. The Morgan fingerprint density at radius 2 is 2.12 bits per heavy atom. The van der Waals surface area contributed by atoms with Gasteiger partial charge in [-0.05, 0) is 37.7 Å². The minimum atomic E-state index is -0.0289. The van der Waals surface area contributed by atoms with Crippen molar-refractivity contribution in [3.8, 4) is 0 Å². The van der Waals surface area contributed by atoms with Gasteiger partial charge in [-0.15, -0.1) is 0 Å². The van der Waals surface area contributed by atoms with Gasteiger partial charge in [0.15, 0.2) is 5.11 Å². The largest absolute Gasteiger partial charge is 0.379 e. The number of anilines is 1. The number of benzene rings is 1. The van der Waals surface area contributed by atoms with E-state index in [4.69, 9.17) is 17.0 Å². The van der Waals surface area contributed by atoms with Gasteiger partial charge in [-0.1, -0.05) is 18.2 Å². The molecule has 0 spiro atoms. The number of ether oxygens (including phenoxy) is 1. The van der Waals surface area contributed by atoms with Crippen LogP contribution in [0.1, 0.15) is 13.3 Å². The summed E-state index contributed by atoms with van der Waals surface area (Å²) in [5, 5.41) is 7.11. The third-order valence-electron chi connectivity index (χ3n) is 2.67. The molecule has 2 N–H and O–H groups in total. The van der Waals surface area contributed by atoms with Crippen LogP contribution in [-0.4, -0.2) is 23.9 Å². The van der Waals surface area contributed by atoms with Gasteiger partial charge < -0.3 is 15.4 Å². The molecule has 3 nitrogen and oxygen atoms in total. The number of thiocarbonyl (C=S) groups is 1. The fourth-order valence-corrected chi connectivity index (χ4v) is 2.09. The third kappa shape index (κ3) is 2.93. The monoisotopic (exact) mass is 236 g/mol. The van der Waals surface area contributed by atoms with E-state index in [-0.39, 0.29) is 5.54 Å². The highest BCUT2D eigenvalue weighted by Crippen LogP contribution is 2.17. The summed E-state index contributed by atoms with van der Waals surface area (Å²) in [4.78, 5) is 0. The van der Waals surface area contributed by atoms with Crippen LogP contribution in [0.3, 0.4) is 0 Å². The lowest BCUT2D eigenvalue weighted by molar-refractivity contribution is 0.177. The molecule has 1 saturated heterocycles. The quantitative estimate of drug-likeness (QED) is 0.771. The molecule has 1 aromatic rings. The SMILES string of the molecule is CC1(NC(=S)Nc2ccccc2)CCOC1. The number of hydrogen-bond donors (Lipinski definition) is 2. The fraction of sp³-hybridized carbons (Fsp3) is 0.417. The normalized spacial score (nSPS) is 24.1. The average molecular weight is 236 g/mol. The molecule has 0 aliphatic carbocycles. The predicted octanol–water partition coefficient (Wildman–Crippen LogP) is 2.15. The summed E-state index contributed by atoms with van der Waals surface area (Å²) in [5.74, 6) is 0. The van der Waals surface area contributed by atoms with Crippen LogP contribution < -0.4 is 10.6 Å². The molecule has 2 rings (SSSR count). The van der Waals surface area contributed by atoms with Crippen molar-refractivity contribution >= 4 is 23.0 Å². The number of rotatable bonds is 2. The maximum absolute atomic E-state index is 5.36. The maximum Gasteiger partial charge on any atom is 0.171 e. The van der Waals surface area contributed by atoms with E-state index in [2.05, 4.69) is 17.6 Å². The summed E-state index contributed by atoms with van der Waals surface area (Å²) >= 11 is 5.27. The molecule has 1 atom stereocenters. The van der Waals surface area contributed by atoms with E-state index in [9.17, 15) is 0 Å². The first kappa shape index (κ1) is 11.4. The standard InChI is InChI=1S/C12H16N2OS/c1-12(7-8-15-9-12)14-11(16)13-10-5-3-2-4-6-10/h2-6H,7-9H2,1H3,(H2,13,14,16). The van der Waals surface area contributed by atoms with Gasteiger partial charge in [0, 0.05) is 12.3 Å². The van der Waals surface area contributed by atoms with Crippen molar-refractivity contribution in [2.24, 2.45) is 0 Å². The predicted molar refractivity (Wildman–Crippen MR) is 69.6 cm³/mol. The van der Waals surface area contributed by atoms with Crippen LogP contribution in [0.5, 0.6) is 0 Å². The van der Waals surface area contributed by atoms with Crippen molar-refractivity contribution in [3.63, 3.8) is 0 Å². The summed E-state index contributed by atoms with van der Waals surface area (Å²) in [6.07, 6.45) is 0.990. The van der Waals surface area contributed by atoms with E-state index in [1.165, 1.54) is 0 Å². The molecular weight excluding hydrogens is 220 g/mol. The molecule has 0 aromatic heterocycles. The number of para-hydroxylation sites is 1. The second-order valence-corrected chi connectivity index (χ2v) is 4.72. The van der Waals surface area contributed by atoms with Crippen LogP contribution in [0.25, 0.3) is 0 Å². The van der Waals surface area contributed by atoms with E-state index in [0.29, 0.717) is 11.7 Å². The molecule has 0 amide bonds. The van der Waals surface area contributed by atoms with Crippen LogP contribution in [0.4, 0.5) is 5.69 Å².